The van der Waals surface area contributed by atoms with Crippen LogP contribution >= 0.6 is 0 Å². The first-order chi connectivity index (χ1) is 12.6. The van der Waals surface area contributed by atoms with Gasteiger partial charge in [-0.2, -0.15) is 0 Å². The second-order valence-corrected chi connectivity index (χ2v) is 6.78. The van der Waals surface area contributed by atoms with E-state index < -0.39 is 0 Å². The van der Waals surface area contributed by atoms with E-state index in [9.17, 15) is 14.0 Å². The molecule has 0 aromatic heterocycles. The molecule has 7 heteroatoms. The summed E-state index contributed by atoms with van der Waals surface area (Å²) in [6, 6.07) is 6.40. The minimum atomic E-state index is -0.250. The van der Waals surface area contributed by atoms with Crippen LogP contribution in [0, 0.1) is 5.82 Å². The van der Waals surface area contributed by atoms with Gasteiger partial charge in [0.25, 0.3) is 0 Å². The van der Waals surface area contributed by atoms with Gasteiger partial charge in [-0.3, -0.25) is 9.59 Å². The lowest BCUT2D eigenvalue weighted by Gasteiger charge is -2.36. The highest BCUT2D eigenvalue weighted by Crippen LogP contribution is 2.17. The van der Waals surface area contributed by atoms with Crippen molar-refractivity contribution >= 4 is 17.5 Å². The highest BCUT2D eigenvalue weighted by Gasteiger charge is 2.22. The summed E-state index contributed by atoms with van der Waals surface area (Å²) in [5.74, 6) is -0.338. The maximum Gasteiger partial charge on any atom is 0.223 e. The van der Waals surface area contributed by atoms with Crippen molar-refractivity contribution < 1.29 is 18.7 Å². The second kappa shape index (κ2) is 8.98. The Kier molecular flexibility index (Phi) is 6.44. The number of nitrogens with zero attached hydrogens (tertiary/aromatic N) is 2. The third-order valence-corrected chi connectivity index (χ3v) is 4.94. The Morgan fingerprint density at radius 3 is 2.50 bits per heavy atom. The smallest absolute Gasteiger partial charge is 0.223 e. The maximum absolute atomic E-state index is 13.0. The SMILES string of the molecule is O=C(CCC(=O)N1CCN(c2ccc(F)cc2)CC1)NC[C@@H]1CCCO1. The number of piperazine rings is 1. The Labute approximate surface area is 153 Å². The van der Waals surface area contributed by atoms with Crippen LogP contribution in [0.25, 0.3) is 0 Å². The van der Waals surface area contributed by atoms with Crippen LogP contribution in [0.4, 0.5) is 10.1 Å². The lowest BCUT2D eigenvalue weighted by Crippen LogP contribution is -2.49. The number of benzene rings is 1. The number of hydrogen-bond donors (Lipinski definition) is 1. The molecule has 1 atom stereocenters. The molecule has 2 aliphatic heterocycles. The number of ether oxygens (including phenoxy) is 1. The third kappa shape index (κ3) is 5.17. The van der Waals surface area contributed by atoms with Gasteiger partial charge >= 0.3 is 0 Å². The Balaban J connectivity index is 1.35. The summed E-state index contributed by atoms with van der Waals surface area (Å²) in [5.41, 5.74) is 0.965. The molecule has 1 aromatic carbocycles. The van der Waals surface area contributed by atoms with Crippen molar-refractivity contribution in [2.24, 2.45) is 0 Å². The first-order valence-electron chi connectivity index (χ1n) is 9.28. The number of hydrogen-bond acceptors (Lipinski definition) is 4. The summed E-state index contributed by atoms with van der Waals surface area (Å²) in [7, 11) is 0. The lowest BCUT2D eigenvalue weighted by atomic mass is 10.2. The van der Waals surface area contributed by atoms with Crippen LogP contribution in [0.1, 0.15) is 25.7 Å². The average molecular weight is 363 g/mol. The predicted octanol–water partition coefficient (Wildman–Crippen LogP) is 1.55. The van der Waals surface area contributed by atoms with Gasteiger partial charge in [0.1, 0.15) is 5.82 Å². The Bertz CT molecular complexity index is 609. The van der Waals surface area contributed by atoms with E-state index in [2.05, 4.69) is 10.2 Å². The molecule has 0 spiro atoms. The number of carbonyl (C=O) groups excluding carboxylic acids is 2. The largest absolute Gasteiger partial charge is 0.376 e. The van der Waals surface area contributed by atoms with Gasteiger partial charge in [0.2, 0.25) is 11.8 Å². The van der Waals surface area contributed by atoms with Gasteiger partial charge in [0.05, 0.1) is 6.10 Å². The van der Waals surface area contributed by atoms with Crippen molar-refractivity contribution in [3.8, 4) is 0 Å². The highest BCUT2D eigenvalue weighted by atomic mass is 19.1. The topological polar surface area (TPSA) is 61.9 Å². The molecule has 3 rings (SSSR count). The van der Waals surface area contributed by atoms with E-state index in [1.54, 1.807) is 17.0 Å². The van der Waals surface area contributed by atoms with E-state index >= 15 is 0 Å². The lowest BCUT2D eigenvalue weighted by molar-refractivity contribution is -0.133. The second-order valence-electron chi connectivity index (χ2n) is 6.78. The van der Waals surface area contributed by atoms with Crippen LogP contribution in [0.3, 0.4) is 0 Å². The summed E-state index contributed by atoms with van der Waals surface area (Å²) in [4.78, 5) is 28.1. The summed E-state index contributed by atoms with van der Waals surface area (Å²) < 4.78 is 18.5. The Morgan fingerprint density at radius 1 is 1.12 bits per heavy atom. The molecule has 1 aromatic rings. The molecule has 0 aliphatic carbocycles. The number of halogens is 1. The molecule has 2 amide bonds. The van der Waals surface area contributed by atoms with Gasteiger partial charge in [0.15, 0.2) is 0 Å². The fourth-order valence-electron chi connectivity index (χ4n) is 3.37. The molecule has 26 heavy (non-hydrogen) atoms. The number of nitrogens with one attached hydrogen (secondary N) is 1. The van der Waals surface area contributed by atoms with Crippen LogP contribution in [0.2, 0.25) is 0 Å². The van der Waals surface area contributed by atoms with E-state index in [4.69, 9.17) is 4.74 Å². The average Bonchev–Trinajstić information content (AvgIpc) is 3.19. The highest BCUT2D eigenvalue weighted by molar-refractivity contribution is 5.83. The summed E-state index contributed by atoms with van der Waals surface area (Å²) >= 11 is 0. The van der Waals surface area contributed by atoms with Crippen LogP contribution < -0.4 is 10.2 Å². The van der Waals surface area contributed by atoms with Crippen molar-refractivity contribution in [1.29, 1.82) is 0 Å². The molecule has 0 radical (unpaired) electrons. The molecule has 0 bridgehead atoms. The zero-order chi connectivity index (χ0) is 18.4. The summed E-state index contributed by atoms with van der Waals surface area (Å²) in [5, 5.41) is 2.84. The summed E-state index contributed by atoms with van der Waals surface area (Å²) in [6.45, 7) is 3.96. The third-order valence-electron chi connectivity index (χ3n) is 4.94. The van der Waals surface area contributed by atoms with Crippen molar-refractivity contribution in [3.63, 3.8) is 0 Å². The van der Waals surface area contributed by atoms with Gasteiger partial charge in [0, 0.05) is 57.9 Å². The predicted molar refractivity (Wildman–Crippen MR) is 96.4 cm³/mol. The molecule has 0 unspecified atom stereocenters. The zero-order valence-corrected chi connectivity index (χ0v) is 15.0. The standard InChI is InChI=1S/C19H26FN3O3/c20-15-3-5-16(6-4-15)22-9-11-23(12-10-22)19(25)8-7-18(24)21-14-17-2-1-13-26-17/h3-6,17H,1-2,7-14H2,(H,21,24)/t17-/m0/s1. The summed E-state index contributed by atoms with van der Waals surface area (Å²) in [6.07, 6.45) is 2.59. The molecule has 2 fully saturated rings. The first kappa shape index (κ1) is 18.6. The van der Waals surface area contributed by atoms with Crippen LogP contribution in [-0.2, 0) is 14.3 Å². The van der Waals surface area contributed by atoms with Crippen molar-refractivity contribution in [1.82, 2.24) is 10.2 Å². The van der Waals surface area contributed by atoms with Gasteiger partial charge < -0.3 is 19.9 Å². The van der Waals surface area contributed by atoms with E-state index in [1.165, 1.54) is 12.1 Å². The first-order valence-corrected chi connectivity index (χ1v) is 9.28. The molecule has 2 aliphatic rings. The molecule has 2 saturated heterocycles. The van der Waals surface area contributed by atoms with Gasteiger partial charge in [-0.05, 0) is 37.1 Å². The molecule has 6 nitrogen and oxygen atoms in total. The molecule has 2 heterocycles. The monoisotopic (exact) mass is 363 g/mol. The van der Waals surface area contributed by atoms with Crippen molar-refractivity contribution in [2.75, 3.05) is 44.2 Å². The van der Waals surface area contributed by atoms with Crippen molar-refractivity contribution in [3.05, 3.63) is 30.1 Å². The number of rotatable bonds is 6. The normalized spacial score (nSPS) is 20.3. The van der Waals surface area contributed by atoms with Crippen molar-refractivity contribution in [2.45, 2.75) is 31.8 Å². The van der Waals surface area contributed by atoms with Gasteiger partial charge in [-0.25, -0.2) is 4.39 Å². The molecule has 142 valence electrons. The van der Waals surface area contributed by atoms with Crippen LogP contribution in [0.15, 0.2) is 24.3 Å². The van der Waals surface area contributed by atoms with E-state index in [0.717, 1.165) is 25.1 Å². The fourth-order valence-corrected chi connectivity index (χ4v) is 3.37. The fraction of sp³-hybridized carbons (Fsp3) is 0.579. The maximum atomic E-state index is 13.0. The van der Waals surface area contributed by atoms with E-state index in [1.807, 2.05) is 0 Å². The molecule has 1 N–H and O–H groups in total. The zero-order valence-electron chi connectivity index (χ0n) is 15.0. The molecular formula is C19H26FN3O3. The number of amides is 2. The van der Waals surface area contributed by atoms with Gasteiger partial charge in [-0.1, -0.05) is 0 Å². The molecule has 0 saturated carbocycles. The Morgan fingerprint density at radius 2 is 1.85 bits per heavy atom. The minimum absolute atomic E-state index is 0.0102. The Hall–Kier alpha value is -2.15. The van der Waals surface area contributed by atoms with Gasteiger partial charge in [-0.15, -0.1) is 0 Å². The molecular weight excluding hydrogens is 337 g/mol. The van der Waals surface area contributed by atoms with Crippen LogP contribution in [-0.4, -0.2) is 62.1 Å². The van der Waals surface area contributed by atoms with Crippen LogP contribution in [0.5, 0.6) is 0 Å². The van der Waals surface area contributed by atoms with E-state index in [0.29, 0.717) is 32.7 Å². The number of carbonyl (C=O) groups is 2. The minimum Gasteiger partial charge on any atom is -0.376 e. The quantitative estimate of drug-likeness (QED) is 0.833. The number of anilines is 1. The van der Waals surface area contributed by atoms with E-state index in [-0.39, 0.29) is 36.6 Å².